The molecule has 1 aliphatic rings. The number of amidine groups is 1. The molecule has 1 aliphatic heterocycles. The number of nitrogens with zero attached hydrogens (tertiary/aromatic N) is 1. The van der Waals surface area contributed by atoms with Gasteiger partial charge in [0.25, 0.3) is 0 Å². The fourth-order valence-corrected chi connectivity index (χ4v) is 2.89. The van der Waals surface area contributed by atoms with Crippen LogP contribution < -0.4 is 5.48 Å². The van der Waals surface area contributed by atoms with Gasteiger partial charge in [0.1, 0.15) is 5.84 Å². The molecule has 0 spiro atoms. The highest BCUT2D eigenvalue weighted by Crippen LogP contribution is 2.38. The molecule has 1 heterocycles. The molecule has 5 nitrogen and oxygen atoms in total. The molecule has 0 saturated heterocycles. The van der Waals surface area contributed by atoms with Gasteiger partial charge in [-0.2, -0.15) is 8.42 Å². The Kier molecular flexibility index (Phi) is 3.88. The third-order valence-electron chi connectivity index (χ3n) is 3.05. The Morgan fingerprint density at radius 3 is 2.24 bits per heavy atom. The first-order valence-electron chi connectivity index (χ1n) is 5.84. The summed E-state index contributed by atoms with van der Waals surface area (Å²) in [6.45, 7) is 10.8. The van der Waals surface area contributed by atoms with E-state index in [2.05, 4.69) is 48.8 Å². The molecule has 0 saturated carbocycles. The monoisotopic (exact) mass is 262 g/mol. The molecule has 0 unspecified atom stereocenters. The molecule has 0 aromatic rings. The van der Waals surface area contributed by atoms with Crippen LogP contribution >= 0.6 is 0 Å². The van der Waals surface area contributed by atoms with Crippen molar-refractivity contribution in [3.8, 4) is 0 Å². The average molecular weight is 262 g/mol. The minimum atomic E-state index is -3.74. The zero-order valence-electron chi connectivity index (χ0n) is 11.2. The van der Waals surface area contributed by atoms with Crippen molar-refractivity contribution in [3.63, 3.8) is 0 Å². The first-order chi connectivity index (χ1) is 7.55. The maximum absolute atomic E-state index is 11.0. The maximum atomic E-state index is 11.0. The van der Waals surface area contributed by atoms with Gasteiger partial charge in [-0.3, -0.25) is 0 Å². The summed E-state index contributed by atoms with van der Waals surface area (Å²) in [5.74, 6) is 0.391. The van der Waals surface area contributed by atoms with Crippen LogP contribution in [-0.2, 0) is 14.6 Å². The minimum absolute atomic E-state index is 0.0193. The molecule has 0 fully saturated rings. The van der Waals surface area contributed by atoms with Gasteiger partial charge < -0.3 is 0 Å². The number of hydrogen-bond acceptors (Lipinski definition) is 4. The Bertz CT molecular complexity index is 410. The second kappa shape index (κ2) is 4.57. The Balaban J connectivity index is 2.68. The first-order valence-corrected chi connectivity index (χ1v) is 7.20. The third-order valence-corrected chi connectivity index (χ3v) is 3.78. The Morgan fingerprint density at radius 2 is 1.82 bits per heavy atom. The topological polar surface area (TPSA) is 67.8 Å². The molecule has 0 atom stereocenters. The van der Waals surface area contributed by atoms with E-state index in [1.165, 1.54) is 0 Å². The Labute approximate surface area is 104 Å². The molecular formula is C11H22N2O3S. The standard InChI is InChI=1S/C11H22N2O3S/c1-6-10(2,3)8-11(4,5)7-9-12-16-17(14,15)13-9/h6-8H2,1-5H3,(H,12,13). The van der Waals surface area contributed by atoms with Gasteiger partial charge in [0.2, 0.25) is 0 Å². The number of hydrogen-bond donors (Lipinski definition) is 1. The summed E-state index contributed by atoms with van der Waals surface area (Å²) in [6.07, 6.45) is 2.65. The van der Waals surface area contributed by atoms with Crippen LogP contribution in [0.15, 0.2) is 4.40 Å². The van der Waals surface area contributed by atoms with Crippen molar-refractivity contribution >= 4 is 16.1 Å². The van der Waals surface area contributed by atoms with Crippen LogP contribution in [0.25, 0.3) is 0 Å². The summed E-state index contributed by atoms with van der Waals surface area (Å²) in [5, 5.41) is 0. The van der Waals surface area contributed by atoms with Crippen LogP contribution in [0.3, 0.4) is 0 Å². The minimum Gasteiger partial charge on any atom is -0.233 e. The fraction of sp³-hybridized carbons (Fsp3) is 0.909. The molecule has 0 aromatic carbocycles. The summed E-state index contributed by atoms with van der Waals surface area (Å²) in [4.78, 5) is 0. The van der Waals surface area contributed by atoms with E-state index in [0.29, 0.717) is 12.3 Å². The van der Waals surface area contributed by atoms with E-state index < -0.39 is 10.3 Å². The van der Waals surface area contributed by atoms with Gasteiger partial charge in [-0.25, -0.2) is 5.48 Å². The molecule has 0 radical (unpaired) electrons. The molecule has 0 amide bonds. The van der Waals surface area contributed by atoms with Crippen LogP contribution in [0.1, 0.15) is 53.9 Å². The van der Waals surface area contributed by atoms with Gasteiger partial charge in [-0.05, 0) is 17.3 Å². The van der Waals surface area contributed by atoms with Crippen LogP contribution in [0.2, 0.25) is 0 Å². The van der Waals surface area contributed by atoms with Gasteiger partial charge >= 0.3 is 10.3 Å². The molecular weight excluding hydrogens is 240 g/mol. The fourth-order valence-electron chi connectivity index (χ4n) is 2.28. The predicted molar refractivity (Wildman–Crippen MR) is 67.7 cm³/mol. The largest absolute Gasteiger partial charge is 0.403 e. The predicted octanol–water partition coefficient (Wildman–Crippen LogP) is 2.41. The van der Waals surface area contributed by atoms with Crippen molar-refractivity contribution < 1.29 is 12.7 Å². The van der Waals surface area contributed by atoms with Gasteiger partial charge in [0.05, 0.1) is 0 Å². The van der Waals surface area contributed by atoms with E-state index in [1.54, 1.807) is 0 Å². The summed E-state index contributed by atoms with van der Waals surface area (Å²) < 4.78 is 29.9. The molecule has 1 N–H and O–H groups in total. The van der Waals surface area contributed by atoms with Gasteiger partial charge in [0, 0.05) is 6.42 Å². The average Bonchev–Trinajstić information content (AvgIpc) is 2.42. The summed E-state index contributed by atoms with van der Waals surface area (Å²) in [6, 6.07) is 0. The second-order valence-corrected chi connectivity index (χ2v) is 7.39. The SMILES string of the molecule is CCC(C)(C)CC(C)(C)CC1=NS(=O)(=O)ON1. The Morgan fingerprint density at radius 1 is 1.24 bits per heavy atom. The van der Waals surface area contributed by atoms with E-state index in [9.17, 15) is 8.42 Å². The van der Waals surface area contributed by atoms with E-state index in [1.807, 2.05) is 0 Å². The van der Waals surface area contributed by atoms with Gasteiger partial charge in [-0.1, -0.05) is 41.0 Å². The van der Waals surface area contributed by atoms with Crippen molar-refractivity contribution in [1.29, 1.82) is 0 Å². The number of rotatable bonds is 5. The van der Waals surface area contributed by atoms with Gasteiger partial charge in [-0.15, -0.1) is 8.68 Å². The van der Waals surface area contributed by atoms with Crippen molar-refractivity contribution in [1.82, 2.24) is 5.48 Å². The summed E-state index contributed by atoms with van der Waals surface area (Å²) >= 11 is 0. The van der Waals surface area contributed by atoms with Gasteiger partial charge in [0.15, 0.2) is 0 Å². The molecule has 17 heavy (non-hydrogen) atoms. The Hall–Kier alpha value is -0.620. The third kappa shape index (κ3) is 4.63. The van der Waals surface area contributed by atoms with Crippen molar-refractivity contribution in [2.24, 2.45) is 15.2 Å². The number of nitrogens with one attached hydrogen (secondary N) is 1. The highest BCUT2D eigenvalue weighted by atomic mass is 32.2. The zero-order chi connectivity index (χ0) is 13.3. The number of hydroxylamine groups is 1. The van der Waals surface area contributed by atoms with Crippen LogP contribution in [0, 0.1) is 10.8 Å². The maximum Gasteiger partial charge on any atom is 0.403 e. The molecule has 100 valence electrons. The zero-order valence-corrected chi connectivity index (χ0v) is 12.0. The molecule has 0 aromatic heterocycles. The molecule has 0 aliphatic carbocycles. The first kappa shape index (κ1) is 14.4. The molecule has 6 heteroatoms. The van der Waals surface area contributed by atoms with E-state index in [0.717, 1.165) is 12.8 Å². The van der Waals surface area contributed by atoms with E-state index >= 15 is 0 Å². The van der Waals surface area contributed by atoms with Crippen molar-refractivity contribution in [2.75, 3.05) is 0 Å². The van der Waals surface area contributed by atoms with Crippen molar-refractivity contribution in [3.05, 3.63) is 0 Å². The normalized spacial score (nSPS) is 19.9. The second-order valence-electron chi connectivity index (χ2n) is 6.19. The van der Waals surface area contributed by atoms with E-state index in [-0.39, 0.29) is 10.8 Å². The summed E-state index contributed by atoms with van der Waals surface area (Å²) in [5.41, 5.74) is 2.59. The smallest absolute Gasteiger partial charge is 0.233 e. The van der Waals surface area contributed by atoms with E-state index in [4.69, 9.17) is 0 Å². The highest BCUT2D eigenvalue weighted by Gasteiger charge is 2.31. The summed E-state index contributed by atoms with van der Waals surface area (Å²) in [7, 11) is -3.74. The molecule has 1 rings (SSSR count). The lowest BCUT2D eigenvalue weighted by atomic mass is 9.72. The lowest BCUT2D eigenvalue weighted by Gasteiger charge is -2.34. The lowest BCUT2D eigenvalue weighted by Crippen LogP contribution is -2.29. The van der Waals surface area contributed by atoms with Crippen LogP contribution in [0.4, 0.5) is 0 Å². The lowest BCUT2D eigenvalue weighted by molar-refractivity contribution is 0.190. The molecule has 0 bridgehead atoms. The highest BCUT2D eigenvalue weighted by molar-refractivity contribution is 7.85. The van der Waals surface area contributed by atoms with Crippen LogP contribution in [0.5, 0.6) is 0 Å². The van der Waals surface area contributed by atoms with Crippen molar-refractivity contribution in [2.45, 2.75) is 53.9 Å². The quantitative estimate of drug-likeness (QED) is 0.826. The van der Waals surface area contributed by atoms with Crippen LogP contribution in [-0.4, -0.2) is 14.3 Å².